The normalized spacial score (nSPS) is 21.7. The minimum absolute atomic E-state index is 0.198. The zero-order valence-electron chi connectivity index (χ0n) is 14.8. The van der Waals surface area contributed by atoms with Gasteiger partial charge in [0, 0.05) is 56.9 Å². The fourth-order valence-electron chi connectivity index (χ4n) is 3.69. The maximum Gasteiger partial charge on any atom is 0.236 e. The second-order valence-corrected chi connectivity index (χ2v) is 6.80. The van der Waals surface area contributed by atoms with E-state index in [1.807, 2.05) is 15.7 Å². The van der Waals surface area contributed by atoms with Crippen LogP contribution in [0.5, 0.6) is 0 Å². The van der Waals surface area contributed by atoms with Crippen LogP contribution in [0.15, 0.2) is 31.1 Å². The average molecular weight is 356 g/mol. The largest absolute Gasteiger partial charge is 0.379 e. The number of rotatable bonds is 4. The number of piperidine rings is 1. The van der Waals surface area contributed by atoms with E-state index in [9.17, 15) is 4.79 Å². The molecule has 1 unspecified atom stereocenters. The highest BCUT2D eigenvalue weighted by atomic mass is 16.5. The van der Waals surface area contributed by atoms with Gasteiger partial charge in [-0.25, -0.2) is 9.97 Å². The van der Waals surface area contributed by atoms with Crippen molar-refractivity contribution in [3.8, 4) is 5.82 Å². The molecule has 1 atom stereocenters. The molecule has 0 N–H and O–H groups in total. The van der Waals surface area contributed by atoms with E-state index in [0.29, 0.717) is 26.3 Å². The van der Waals surface area contributed by atoms with Crippen molar-refractivity contribution < 1.29 is 9.53 Å². The van der Waals surface area contributed by atoms with Gasteiger partial charge in [0.25, 0.3) is 0 Å². The summed E-state index contributed by atoms with van der Waals surface area (Å²) in [7, 11) is 0. The predicted octanol–water partition coefficient (Wildman–Crippen LogP) is 0.701. The van der Waals surface area contributed by atoms with E-state index in [-0.39, 0.29) is 11.8 Å². The maximum absolute atomic E-state index is 12.7. The quantitative estimate of drug-likeness (QED) is 0.803. The number of carbonyl (C=O) groups excluding carboxylic acids is 1. The van der Waals surface area contributed by atoms with E-state index < -0.39 is 0 Å². The third kappa shape index (κ3) is 3.76. The molecule has 8 heteroatoms. The van der Waals surface area contributed by atoms with Crippen LogP contribution in [-0.4, -0.2) is 81.2 Å². The van der Waals surface area contributed by atoms with Crippen LogP contribution >= 0.6 is 0 Å². The number of nitrogens with zero attached hydrogens (tertiary/aromatic N) is 6. The molecule has 0 aliphatic carbocycles. The van der Waals surface area contributed by atoms with Gasteiger partial charge < -0.3 is 9.64 Å². The zero-order chi connectivity index (χ0) is 17.8. The van der Waals surface area contributed by atoms with Crippen LogP contribution in [0.3, 0.4) is 0 Å². The molecule has 26 heavy (non-hydrogen) atoms. The molecule has 8 nitrogen and oxygen atoms in total. The smallest absolute Gasteiger partial charge is 0.236 e. The Labute approximate surface area is 152 Å². The second-order valence-electron chi connectivity index (χ2n) is 6.80. The molecule has 2 aliphatic heterocycles. The van der Waals surface area contributed by atoms with Crippen LogP contribution in [0.25, 0.3) is 5.82 Å². The minimum Gasteiger partial charge on any atom is -0.379 e. The second kappa shape index (κ2) is 7.92. The van der Waals surface area contributed by atoms with Gasteiger partial charge in [0.1, 0.15) is 6.33 Å². The van der Waals surface area contributed by atoms with Crippen molar-refractivity contribution in [2.24, 2.45) is 0 Å². The summed E-state index contributed by atoms with van der Waals surface area (Å²) in [4.78, 5) is 30.1. The summed E-state index contributed by atoms with van der Waals surface area (Å²) in [5, 5.41) is 0. The Kier molecular flexibility index (Phi) is 5.21. The van der Waals surface area contributed by atoms with Crippen LogP contribution in [0.2, 0.25) is 0 Å². The van der Waals surface area contributed by atoms with Gasteiger partial charge in [-0.1, -0.05) is 0 Å². The molecule has 0 bridgehead atoms. The first-order chi connectivity index (χ1) is 12.8. The highest BCUT2D eigenvalue weighted by molar-refractivity contribution is 5.78. The molecule has 2 aliphatic rings. The van der Waals surface area contributed by atoms with E-state index in [4.69, 9.17) is 4.74 Å². The average Bonchev–Trinajstić information content (AvgIpc) is 3.23. The molecule has 0 saturated carbocycles. The fourth-order valence-corrected chi connectivity index (χ4v) is 3.69. The van der Waals surface area contributed by atoms with Crippen molar-refractivity contribution in [1.82, 2.24) is 29.3 Å². The summed E-state index contributed by atoms with van der Waals surface area (Å²) < 4.78 is 7.25. The van der Waals surface area contributed by atoms with Gasteiger partial charge in [-0.15, -0.1) is 0 Å². The number of hydrogen-bond acceptors (Lipinski definition) is 6. The van der Waals surface area contributed by atoms with Gasteiger partial charge in [0.2, 0.25) is 5.91 Å². The minimum atomic E-state index is 0.198. The van der Waals surface area contributed by atoms with Crippen LogP contribution in [0.1, 0.15) is 24.5 Å². The van der Waals surface area contributed by atoms with Gasteiger partial charge >= 0.3 is 0 Å². The standard InChI is InChI=1S/C18H24N6O2/c25-16(13-22-8-10-26-11-9-22)23-6-1-2-15(12-23)17-18(21-4-3-20-17)24-7-5-19-14-24/h3-5,7,14-15H,1-2,6,8-13H2. The third-order valence-electron chi connectivity index (χ3n) is 5.08. The molecule has 0 aromatic carbocycles. The van der Waals surface area contributed by atoms with Crippen molar-refractivity contribution in [3.63, 3.8) is 0 Å². The summed E-state index contributed by atoms with van der Waals surface area (Å²) in [5.41, 5.74) is 0.939. The first-order valence-corrected chi connectivity index (χ1v) is 9.18. The number of hydrogen-bond donors (Lipinski definition) is 0. The number of imidazole rings is 1. The number of aromatic nitrogens is 4. The van der Waals surface area contributed by atoms with Crippen LogP contribution in [0, 0.1) is 0 Å². The molecule has 2 saturated heterocycles. The fraction of sp³-hybridized carbons (Fsp3) is 0.556. The van der Waals surface area contributed by atoms with E-state index in [0.717, 1.165) is 44.0 Å². The molecule has 4 heterocycles. The highest BCUT2D eigenvalue weighted by Gasteiger charge is 2.29. The van der Waals surface area contributed by atoms with Gasteiger partial charge in [0.05, 0.1) is 25.5 Å². The van der Waals surface area contributed by atoms with E-state index in [2.05, 4.69) is 19.9 Å². The zero-order valence-corrected chi connectivity index (χ0v) is 14.8. The Morgan fingerprint density at radius 2 is 2.00 bits per heavy atom. The molecule has 1 amide bonds. The number of carbonyl (C=O) groups is 1. The first kappa shape index (κ1) is 17.1. The lowest BCUT2D eigenvalue weighted by Crippen LogP contribution is -2.47. The predicted molar refractivity (Wildman–Crippen MR) is 95.0 cm³/mol. The first-order valence-electron chi connectivity index (χ1n) is 9.18. The molecule has 2 aromatic rings. The highest BCUT2D eigenvalue weighted by Crippen LogP contribution is 2.28. The van der Waals surface area contributed by atoms with Crippen molar-refractivity contribution >= 4 is 5.91 Å². The molecule has 0 spiro atoms. The van der Waals surface area contributed by atoms with Gasteiger partial charge in [-0.05, 0) is 12.8 Å². The lowest BCUT2D eigenvalue weighted by atomic mass is 9.94. The molecule has 2 aromatic heterocycles. The summed E-state index contributed by atoms with van der Waals surface area (Å²) in [6.45, 7) is 5.08. The topological polar surface area (TPSA) is 76.4 Å². The van der Waals surface area contributed by atoms with Gasteiger partial charge in [0.15, 0.2) is 5.82 Å². The lowest BCUT2D eigenvalue weighted by molar-refractivity contribution is -0.134. The summed E-state index contributed by atoms with van der Waals surface area (Å²) >= 11 is 0. The van der Waals surface area contributed by atoms with E-state index >= 15 is 0 Å². The van der Waals surface area contributed by atoms with Crippen molar-refractivity contribution in [3.05, 3.63) is 36.8 Å². The number of likely N-dealkylation sites (tertiary alicyclic amines) is 1. The van der Waals surface area contributed by atoms with Crippen molar-refractivity contribution in [2.75, 3.05) is 45.9 Å². The molecule has 138 valence electrons. The van der Waals surface area contributed by atoms with E-state index in [1.165, 1.54) is 0 Å². The van der Waals surface area contributed by atoms with Crippen molar-refractivity contribution in [2.45, 2.75) is 18.8 Å². The molecule has 4 rings (SSSR count). The maximum atomic E-state index is 12.7. The summed E-state index contributed by atoms with van der Waals surface area (Å²) in [5.74, 6) is 1.20. The third-order valence-corrected chi connectivity index (χ3v) is 5.08. The Bertz CT molecular complexity index is 729. The van der Waals surface area contributed by atoms with Crippen LogP contribution in [0.4, 0.5) is 0 Å². The molecule has 2 fully saturated rings. The molecule has 0 radical (unpaired) electrons. The monoisotopic (exact) mass is 356 g/mol. The Hall–Kier alpha value is -2.32. The Morgan fingerprint density at radius 3 is 2.81 bits per heavy atom. The number of amides is 1. The molecular weight excluding hydrogens is 332 g/mol. The Morgan fingerprint density at radius 1 is 1.15 bits per heavy atom. The van der Waals surface area contributed by atoms with Crippen molar-refractivity contribution in [1.29, 1.82) is 0 Å². The van der Waals surface area contributed by atoms with Gasteiger partial charge in [-0.2, -0.15) is 0 Å². The Balaban J connectivity index is 1.46. The molecular formula is C18H24N6O2. The van der Waals surface area contributed by atoms with Crippen LogP contribution < -0.4 is 0 Å². The summed E-state index contributed by atoms with van der Waals surface area (Å²) in [6.07, 6.45) is 10.8. The SMILES string of the molecule is O=C(CN1CCOCC1)N1CCCC(c2nccnc2-n2ccnc2)C1. The van der Waals surface area contributed by atoms with Crippen LogP contribution in [-0.2, 0) is 9.53 Å². The summed E-state index contributed by atoms with van der Waals surface area (Å²) in [6, 6.07) is 0. The van der Waals surface area contributed by atoms with E-state index in [1.54, 1.807) is 24.9 Å². The van der Waals surface area contributed by atoms with Gasteiger partial charge in [-0.3, -0.25) is 19.2 Å². The number of ether oxygens (including phenoxy) is 1. The number of morpholine rings is 1. The lowest BCUT2D eigenvalue weighted by Gasteiger charge is -2.35.